The molecule has 19 heavy (non-hydrogen) atoms. The number of hydrogen-bond acceptors (Lipinski definition) is 5. The van der Waals surface area contributed by atoms with Gasteiger partial charge in [-0.25, -0.2) is 18.4 Å². The second-order valence-electron chi connectivity index (χ2n) is 4.82. The number of anilines is 1. The fourth-order valence-electron chi connectivity index (χ4n) is 2.57. The normalized spacial score (nSPS) is 24.6. The van der Waals surface area contributed by atoms with E-state index in [4.69, 9.17) is 0 Å². The molecule has 6 nitrogen and oxygen atoms in total. The third-order valence-electron chi connectivity index (χ3n) is 3.61. The van der Waals surface area contributed by atoms with Gasteiger partial charge in [0.15, 0.2) is 0 Å². The molecule has 0 bridgehead atoms. The van der Waals surface area contributed by atoms with E-state index in [1.165, 1.54) is 12.4 Å². The van der Waals surface area contributed by atoms with Crippen molar-refractivity contribution >= 4 is 16.0 Å². The SMILES string of the molecule is CCC1CCC(C)N1S(=O)(=O)c1cnc(NC)nc1. The lowest BCUT2D eigenvalue weighted by molar-refractivity contribution is 0.328. The van der Waals surface area contributed by atoms with Gasteiger partial charge in [-0.1, -0.05) is 6.92 Å². The zero-order valence-electron chi connectivity index (χ0n) is 11.5. The fourth-order valence-corrected chi connectivity index (χ4v) is 4.41. The summed E-state index contributed by atoms with van der Waals surface area (Å²) in [6, 6.07) is 0.128. The molecule has 1 saturated heterocycles. The van der Waals surface area contributed by atoms with Crippen LogP contribution in [0, 0.1) is 0 Å². The molecule has 2 atom stereocenters. The van der Waals surface area contributed by atoms with Crippen molar-refractivity contribution in [3.05, 3.63) is 12.4 Å². The Morgan fingerprint density at radius 2 is 2.00 bits per heavy atom. The summed E-state index contributed by atoms with van der Waals surface area (Å²) in [6.07, 6.45) is 5.40. The first-order chi connectivity index (χ1) is 9.00. The van der Waals surface area contributed by atoms with Gasteiger partial charge in [0.25, 0.3) is 0 Å². The van der Waals surface area contributed by atoms with Crippen molar-refractivity contribution in [1.29, 1.82) is 0 Å². The Hall–Kier alpha value is -1.21. The zero-order valence-corrected chi connectivity index (χ0v) is 12.3. The maximum Gasteiger partial charge on any atom is 0.246 e. The molecule has 0 aromatic carbocycles. The Bertz CT molecular complexity index is 529. The molecule has 1 fully saturated rings. The highest BCUT2D eigenvalue weighted by Crippen LogP contribution is 2.31. The van der Waals surface area contributed by atoms with Crippen LogP contribution in [0.15, 0.2) is 17.3 Å². The van der Waals surface area contributed by atoms with Gasteiger partial charge in [0.2, 0.25) is 16.0 Å². The van der Waals surface area contributed by atoms with Crippen LogP contribution in [0.5, 0.6) is 0 Å². The Labute approximate surface area is 114 Å². The van der Waals surface area contributed by atoms with Crippen molar-refractivity contribution in [3.63, 3.8) is 0 Å². The Morgan fingerprint density at radius 3 is 2.53 bits per heavy atom. The third kappa shape index (κ3) is 2.57. The summed E-state index contributed by atoms with van der Waals surface area (Å²) in [7, 11) is -1.80. The quantitative estimate of drug-likeness (QED) is 0.906. The third-order valence-corrected chi connectivity index (χ3v) is 5.63. The molecule has 0 aliphatic carbocycles. The largest absolute Gasteiger partial charge is 0.357 e. The van der Waals surface area contributed by atoms with Crippen LogP contribution < -0.4 is 5.32 Å². The predicted molar refractivity (Wildman–Crippen MR) is 73.4 cm³/mol. The average molecular weight is 284 g/mol. The second-order valence-corrected chi connectivity index (χ2v) is 6.66. The molecule has 2 rings (SSSR count). The molecular weight excluding hydrogens is 264 g/mol. The van der Waals surface area contributed by atoms with Crippen molar-refractivity contribution in [2.45, 2.75) is 50.1 Å². The Balaban J connectivity index is 2.35. The Morgan fingerprint density at radius 1 is 1.37 bits per heavy atom. The minimum atomic E-state index is -3.49. The molecule has 1 aromatic heterocycles. The first kappa shape index (κ1) is 14.2. The minimum absolute atomic E-state index is 0.0407. The smallest absolute Gasteiger partial charge is 0.246 e. The number of nitrogens with one attached hydrogen (secondary N) is 1. The van der Waals surface area contributed by atoms with E-state index in [-0.39, 0.29) is 17.0 Å². The number of hydrogen-bond donors (Lipinski definition) is 1. The fraction of sp³-hybridized carbons (Fsp3) is 0.667. The van der Waals surface area contributed by atoms with Crippen molar-refractivity contribution in [2.24, 2.45) is 0 Å². The van der Waals surface area contributed by atoms with Gasteiger partial charge in [-0.2, -0.15) is 4.31 Å². The highest BCUT2D eigenvalue weighted by Gasteiger charge is 2.39. The first-order valence-corrected chi connectivity index (χ1v) is 7.98. The van der Waals surface area contributed by atoms with Gasteiger partial charge < -0.3 is 5.32 Å². The topological polar surface area (TPSA) is 75.2 Å². The summed E-state index contributed by atoms with van der Waals surface area (Å²) in [6.45, 7) is 3.97. The molecule has 0 spiro atoms. The lowest BCUT2D eigenvalue weighted by atomic mass is 10.2. The van der Waals surface area contributed by atoms with Crippen LogP contribution in [0.4, 0.5) is 5.95 Å². The molecule has 106 valence electrons. The van der Waals surface area contributed by atoms with Crippen LogP contribution in [-0.2, 0) is 10.0 Å². The lowest BCUT2D eigenvalue weighted by Crippen LogP contribution is -2.39. The molecule has 2 heterocycles. The van der Waals surface area contributed by atoms with E-state index in [2.05, 4.69) is 15.3 Å². The van der Waals surface area contributed by atoms with Gasteiger partial charge in [0.1, 0.15) is 4.90 Å². The number of nitrogens with zero attached hydrogens (tertiary/aromatic N) is 3. The van der Waals surface area contributed by atoms with Gasteiger partial charge >= 0.3 is 0 Å². The molecule has 1 aliphatic heterocycles. The molecule has 0 saturated carbocycles. The number of aromatic nitrogens is 2. The summed E-state index contributed by atoms with van der Waals surface area (Å²) in [5.74, 6) is 0.417. The van der Waals surface area contributed by atoms with Crippen molar-refractivity contribution in [2.75, 3.05) is 12.4 Å². The van der Waals surface area contributed by atoms with Crippen LogP contribution in [0.3, 0.4) is 0 Å². The van der Waals surface area contributed by atoms with E-state index < -0.39 is 10.0 Å². The summed E-state index contributed by atoms with van der Waals surface area (Å²) in [5.41, 5.74) is 0. The summed E-state index contributed by atoms with van der Waals surface area (Å²) < 4.78 is 26.9. The predicted octanol–water partition coefficient (Wildman–Crippen LogP) is 1.47. The monoisotopic (exact) mass is 284 g/mol. The molecule has 1 aliphatic rings. The van der Waals surface area contributed by atoms with Gasteiger partial charge in [0.05, 0.1) is 12.4 Å². The molecular formula is C12H20N4O2S. The summed E-state index contributed by atoms with van der Waals surface area (Å²) in [5, 5.41) is 2.77. The van der Waals surface area contributed by atoms with Gasteiger partial charge in [-0.15, -0.1) is 0 Å². The van der Waals surface area contributed by atoms with Crippen LogP contribution in [0.1, 0.15) is 33.1 Å². The van der Waals surface area contributed by atoms with Crippen molar-refractivity contribution < 1.29 is 8.42 Å². The number of sulfonamides is 1. The van der Waals surface area contributed by atoms with Crippen LogP contribution in [0.25, 0.3) is 0 Å². The highest BCUT2D eigenvalue weighted by molar-refractivity contribution is 7.89. The van der Waals surface area contributed by atoms with E-state index in [1.54, 1.807) is 11.4 Å². The highest BCUT2D eigenvalue weighted by atomic mass is 32.2. The van der Waals surface area contributed by atoms with Gasteiger partial charge in [-0.3, -0.25) is 0 Å². The van der Waals surface area contributed by atoms with E-state index in [0.717, 1.165) is 19.3 Å². The maximum absolute atomic E-state index is 12.6. The summed E-state index contributed by atoms with van der Waals surface area (Å²) >= 11 is 0. The van der Waals surface area contributed by atoms with E-state index >= 15 is 0 Å². The minimum Gasteiger partial charge on any atom is -0.357 e. The van der Waals surface area contributed by atoms with Gasteiger partial charge in [-0.05, 0) is 26.2 Å². The van der Waals surface area contributed by atoms with Crippen molar-refractivity contribution in [3.8, 4) is 0 Å². The average Bonchev–Trinajstić information content (AvgIpc) is 2.80. The number of rotatable bonds is 4. The van der Waals surface area contributed by atoms with E-state index in [9.17, 15) is 8.42 Å². The standard InChI is InChI=1S/C12H20N4O2S/c1-4-10-6-5-9(2)16(10)19(17,18)11-7-14-12(13-3)15-8-11/h7-10H,4-6H2,1-3H3,(H,13,14,15). The van der Waals surface area contributed by atoms with Crippen LogP contribution >= 0.6 is 0 Å². The molecule has 1 N–H and O–H groups in total. The molecule has 1 aromatic rings. The lowest BCUT2D eigenvalue weighted by Gasteiger charge is -2.26. The Kier molecular flexibility index (Phi) is 4.05. The molecule has 7 heteroatoms. The van der Waals surface area contributed by atoms with Crippen molar-refractivity contribution in [1.82, 2.24) is 14.3 Å². The van der Waals surface area contributed by atoms with Crippen LogP contribution in [-0.4, -0.2) is 41.8 Å². The van der Waals surface area contributed by atoms with E-state index in [1.807, 2.05) is 13.8 Å². The maximum atomic E-state index is 12.6. The molecule has 2 unspecified atom stereocenters. The summed E-state index contributed by atoms with van der Waals surface area (Å²) in [4.78, 5) is 8.13. The van der Waals surface area contributed by atoms with Crippen LogP contribution in [0.2, 0.25) is 0 Å². The van der Waals surface area contributed by atoms with E-state index in [0.29, 0.717) is 5.95 Å². The molecule has 0 radical (unpaired) electrons. The first-order valence-electron chi connectivity index (χ1n) is 6.54. The van der Waals surface area contributed by atoms with Gasteiger partial charge in [0, 0.05) is 19.1 Å². The second kappa shape index (κ2) is 5.42. The molecule has 0 amide bonds. The zero-order chi connectivity index (χ0) is 14.0.